The minimum atomic E-state index is -0.844. The fourth-order valence-corrected chi connectivity index (χ4v) is 3.76. The molecular formula is C23H20N4O4S. The molecule has 0 spiro atoms. The van der Waals surface area contributed by atoms with Crippen LogP contribution >= 0.6 is 12.2 Å². The third kappa shape index (κ3) is 3.90. The zero-order chi connectivity index (χ0) is 22.8. The van der Waals surface area contributed by atoms with Crippen LogP contribution in [0.2, 0.25) is 0 Å². The summed E-state index contributed by atoms with van der Waals surface area (Å²) >= 11 is 5.24. The molecule has 162 valence electrons. The van der Waals surface area contributed by atoms with Gasteiger partial charge in [0.15, 0.2) is 5.11 Å². The number of carbonyl (C=O) groups is 3. The number of ether oxygens (including phenoxy) is 1. The first-order valence-corrected chi connectivity index (χ1v) is 10.4. The van der Waals surface area contributed by atoms with Crippen molar-refractivity contribution in [3.63, 3.8) is 0 Å². The first-order chi connectivity index (χ1) is 15.4. The Hall–Kier alpha value is -3.85. The second-order valence-electron chi connectivity index (χ2n) is 7.12. The van der Waals surface area contributed by atoms with Gasteiger partial charge in [-0.1, -0.05) is 24.3 Å². The number of nitrogens with one attached hydrogen (secondary N) is 1. The molecule has 1 atom stereocenters. The molecule has 32 heavy (non-hydrogen) atoms. The molecule has 2 aliphatic heterocycles. The van der Waals surface area contributed by atoms with Gasteiger partial charge in [0.1, 0.15) is 11.3 Å². The van der Waals surface area contributed by atoms with Crippen molar-refractivity contribution in [3.05, 3.63) is 66.2 Å². The van der Waals surface area contributed by atoms with Crippen LogP contribution in [0.3, 0.4) is 0 Å². The lowest BCUT2D eigenvalue weighted by Crippen LogP contribution is -2.54. The van der Waals surface area contributed by atoms with E-state index in [9.17, 15) is 14.4 Å². The van der Waals surface area contributed by atoms with Gasteiger partial charge in [-0.2, -0.15) is 10.1 Å². The maximum Gasteiger partial charge on any atom is 0.269 e. The van der Waals surface area contributed by atoms with E-state index in [-0.39, 0.29) is 16.6 Å². The summed E-state index contributed by atoms with van der Waals surface area (Å²) in [6.45, 7) is 4.00. The zero-order valence-electron chi connectivity index (χ0n) is 17.4. The molecule has 1 unspecified atom stereocenters. The lowest BCUT2D eigenvalue weighted by atomic mass is 9.98. The van der Waals surface area contributed by atoms with Crippen LogP contribution in [0.25, 0.3) is 0 Å². The Bertz CT molecular complexity index is 1180. The molecule has 0 aliphatic carbocycles. The van der Waals surface area contributed by atoms with Gasteiger partial charge >= 0.3 is 0 Å². The summed E-state index contributed by atoms with van der Waals surface area (Å²) in [5, 5.41) is 8.08. The van der Waals surface area contributed by atoms with Gasteiger partial charge in [-0.05, 0) is 56.4 Å². The number of hydrazone groups is 1. The van der Waals surface area contributed by atoms with Gasteiger partial charge in [0.05, 0.1) is 29.6 Å². The van der Waals surface area contributed by atoms with Crippen molar-refractivity contribution in [1.82, 2.24) is 5.32 Å². The van der Waals surface area contributed by atoms with E-state index in [1.165, 1.54) is 16.0 Å². The van der Waals surface area contributed by atoms with Gasteiger partial charge < -0.3 is 4.74 Å². The van der Waals surface area contributed by atoms with E-state index in [0.717, 1.165) is 0 Å². The third-order valence-corrected chi connectivity index (χ3v) is 5.29. The van der Waals surface area contributed by atoms with Gasteiger partial charge in [-0.25, -0.2) is 0 Å². The average Bonchev–Trinajstić information content (AvgIpc) is 3.05. The topological polar surface area (TPSA) is 91.3 Å². The summed E-state index contributed by atoms with van der Waals surface area (Å²) in [6.07, 6.45) is 1.35. The van der Waals surface area contributed by atoms with Crippen molar-refractivity contribution in [2.45, 2.75) is 13.8 Å². The molecule has 2 aromatic carbocycles. The predicted octanol–water partition coefficient (Wildman–Crippen LogP) is 2.80. The third-order valence-electron chi connectivity index (χ3n) is 5.01. The Morgan fingerprint density at radius 2 is 1.81 bits per heavy atom. The molecular weight excluding hydrogens is 428 g/mol. The Labute approximate surface area is 190 Å². The van der Waals surface area contributed by atoms with Crippen LogP contribution in [0.4, 0.5) is 11.4 Å². The molecule has 1 saturated heterocycles. The van der Waals surface area contributed by atoms with E-state index in [1.54, 1.807) is 55.5 Å². The molecule has 0 aromatic heterocycles. The van der Waals surface area contributed by atoms with Crippen molar-refractivity contribution in [2.24, 2.45) is 11.0 Å². The van der Waals surface area contributed by atoms with Gasteiger partial charge in [0.2, 0.25) is 0 Å². The highest BCUT2D eigenvalue weighted by molar-refractivity contribution is 7.80. The van der Waals surface area contributed by atoms with Crippen molar-refractivity contribution in [2.75, 3.05) is 16.5 Å². The highest BCUT2D eigenvalue weighted by Crippen LogP contribution is 2.28. The Kier molecular flexibility index (Phi) is 5.83. The first kappa shape index (κ1) is 21.4. The summed E-state index contributed by atoms with van der Waals surface area (Å²) < 4.78 is 5.50. The van der Waals surface area contributed by atoms with Crippen LogP contribution in [-0.2, 0) is 14.4 Å². The van der Waals surface area contributed by atoms with Gasteiger partial charge in [0, 0.05) is 6.07 Å². The van der Waals surface area contributed by atoms with E-state index in [2.05, 4.69) is 10.4 Å². The van der Waals surface area contributed by atoms with Crippen molar-refractivity contribution in [1.29, 1.82) is 0 Å². The monoisotopic (exact) mass is 448 g/mol. The summed E-state index contributed by atoms with van der Waals surface area (Å²) in [7, 11) is 0. The van der Waals surface area contributed by atoms with Crippen LogP contribution < -0.4 is 20.0 Å². The van der Waals surface area contributed by atoms with E-state index in [4.69, 9.17) is 17.0 Å². The molecule has 2 heterocycles. The number of para-hydroxylation sites is 1. The van der Waals surface area contributed by atoms with E-state index < -0.39 is 17.7 Å². The minimum absolute atomic E-state index is 0.0418. The SMILES string of the molecule is CCOc1cccc(N2C(=O)C(=CC3C(=O)N(c4ccccc4)N=C3C)C(=O)NC2=S)c1. The number of thiocarbonyl (C=S) groups is 1. The Morgan fingerprint density at radius 1 is 1.09 bits per heavy atom. The largest absolute Gasteiger partial charge is 0.494 e. The molecule has 0 radical (unpaired) electrons. The molecule has 1 N–H and O–H groups in total. The standard InChI is InChI=1S/C23H20N4O4S/c1-3-31-17-11-7-10-16(12-17)26-21(29)19(20(28)24-23(26)32)13-18-14(2)25-27(22(18)30)15-8-5-4-6-9-15/h4-13,18H,3H2,1-2H3,(H,24,28,32). The van der Waals surface area contributed by atoms with Crippen molar-refractivity contribution < 1.29 is 19.1 Å². The fraction of sp³-hybridized carbons (Fsp3) is 0.174. The molecule has 0 bridgehead atoms. The second-order valence-corrected chi connectivity index (χ2v) is 7.50. The number of anilines is 2. The summed E-state index contributed by atoms with van der Waals surface area (Å²) in [6, 6.07) is 15.8. The maximum atomic E-state index is 13.3. The van der Waals surface area contributed by atoms with Crippen LogP contribution in [0, 0.1) is 5.92 Å². The Morgan fingerprint density at radius 3 is 2.53 bits per heavy atom. The molecule has 9 heteroatoms. The molecule has 0 saturated carbocycles. The second kappa shape index (κ2) is 8.72. The lowest BCUT2D eigenvalue weighted by molar-refractivity contribution is -0.122. The van der Waals surface area contributed by atoms with Gasteiger partial charge in [-0.15, -0.1) is 0 Å². The number of rotatable bonds is 5. The van der Waals surface area contributed by atoms with E-state index >= 15 is 0 Å². The smallest absolute Gasteiger partial charge is 0.269 e. The van der Waals surface area contributed by atoms with E-state index in [1.807, 2.05) is 13.0 Å². The summed E-state index contributed by atoms with van der Waals surface area (Å²) in [4.78, 5) is 40.1. The Balaban J connectivity index is 1.66. The highest BCUT2D eigenvalue weighted by atomic mass is 32.1. The number of hydrogen-bond acceptors (Lipinski definition) is 6. The van der Waals surface area contributed by atoms with Crippen molar-refractivity contribution >= 4 is 52.1 Å². The number of nitrogens with zero attached hydrogens (tertiary/aromatic N) is 3. The molecule has 2 aromatic rings. The minimum Gasteiger partial charge on any atom is -0.494 e. The maximum absolute atomic E-state index is 13.3. The first-order valence-electron chi connectivity index (χ1n) is 9.99. The van der Waals surface area contributed by atoms with Crippen LogP contribution in [0.15, 0.2) is 71.3 Å². The molecule has 4 rings (SSSR count). The van der Waals surface area contributed by atoms with Crippen LogP contribution in [-0.4, -0.2) is 35.2 Å². The molecule has 1 fully saturated rings. The lowest BCUT2D eigenvalue weighted by Gasteiger charge is -2.29. The van der Waals surface area contributed by atoms with E-state index in [0.29, 0.717) is 29.4 Å². The van der Waals surface area contributed by atoms with Crippen LogP contribution in [0.1, 0.15) is 13.8 Å². The number of carbonyl (C=O) groups excluding carboxylic acids is 3. The fourth-order valence-electron chi connectivity index (χ4n) is 3.48. The van der Waals surface area contributed by atoms with Crippen molar-refractivity contribution in [3.8, 4) is 5.75 Å². The van der Waals surface area contributed by atoms with Crippen LogP contribution in [0.5, 0.6) is 5.75 Å². The van der Waals surface area contributed by atoms with Gasteiger partial charge in [0.25, 0.3) is 17.7 Å². The zero-order valence-corrected chi connectivity index (χ0v) is 18.3. The number of hydrogen-bond donors (Lipinski definition) is 1. The van der Waals surface area contributed by atoms with Gasteiger partial charge in [-0.3, -0.25) is 24.6 Å². The summed E-state index contributed by atoms with van der Waals surface area (Å²) in [5.74, 6) is -1.90. The quantitative estimate of drug-likeness (QED) is 0.432. The highest BCUT2D eigenvalue weighted by Gasteiger charge is 2.39. The summed E-state index contributed by atoms with van der Waals surface area (Å²) in [5.41, 5.74) is 1.35. The molecule has 8 nitrogen and oxygen atoms in total. The molecule has 2 aliphatic rings. The molecule has 3 amide bonds. The number of benzene rings is 2. The number of amides is 3. The predicted molar refractivity (Wildman–Crippen MR) is 124 cm³/mol. The normalized spacial score (nSPS) is 20.0. The average molecular weight is 449 g/mol.